The molecule has 7 aromatic carbocycles. The zero-order valence-corrected chi connectivity index (χ0v) is 60.8. The second kappa shape index (κ2) is 54.8. The summed E-state index contributed by atoms with van der Waals surface area (Å²) in [5.41, 5.74) is 56.2. The number of rotatable bonds is 45. The van der Waals surface area contributed by atoms with Crippen LogP contribution in [0.15, 0.2) is 206 Å². The number of nitrogens with two attached hydrogens (primary N) is 8. The molecule has 7 aromatic rings. The van der Waals surface area contributed by atoms with Crippen molar-refractivity contribution in [1.82, 2.24) is 21.3 Å². The van der Waals surface area contributed by atoms with Crippen LogP contribution in [-0.2, 0) is 64.1 Å². The van der Waals surface area contributed by atoms with E-state index in [1.54, 1.807) is 0 Å². The Kier molecular flexibility index (Phi) is 46.4. The van der Waals surface area contributed by atoms with Crippen LogP contribution in [0.2, 0.25) is 0 Å². The van der Waals surface area contributed by atoms with Crippen LogP contribution >= 0.6 is 0 Å². The minimum atomic E-state index is -0.0284. The lowest BCUT2D eigenvalue weighted by atomic mass is 9.89. The molecule has 0 saturated heterocycles. The quantitative estimate of drug-likeness (QED) is 0.0170. The summed E-state index contributed by atoms with van der Waals surface area (Å²) in [6.07, 6.45) is 19.7. The summed E-state index contributed by atoms with van der Waals surface area (Å²) in [6.45, 7) is 6.77. The van der Waals surface area contributed by atoms with Gasteiger partial charge in [-0.05, 0) is 212 Å². The van der Waals surface area contributed by atoms with Crippen molar-refractivity contribution >= 4 is 23.6 Å². The van der Waals surface area contributed by atoms with Gasteiger partial charge in [0.1, 0.15) is 0 Å². The van der Waals surface area contributed by atoms with Crippen molar-refractivity contribution in [3.63, 3.8) is 0 Å². The molecule has 0 aromatic heterocycles. The van der Waals surface area contributed by atoms with Gasteiger partial charge in [0.2, 0.25) is 23.6 Å². The summed E-state index contributed by atoms with van der Waals surface area (Å²) in [5, 5.41) is 11.9. The normalized spacial score (nSPS) is 12.4. The summed E-state index contributed by atoms with van der Waals surface area (Å²) in [4.78, 5) is 49.3. The molecule has 4 amide bonds. The summed E-state index contributed by atoms with van der Waals surface area (Å²) < 4.78 is 0. The fourth-order valence-electron chi connectivity index (χ4n) is 11.9. The molecular formula is C85H126N12O4. The third kappa shape index (κ3) is 42.8. The fraction of sp³-hybridized carbons (Fsp3) is 0.459. The molecule has 0 spiro atoms. The predicted molar refractivity (Wildman–Crippen MR) is 420 cm³/mol. The number of hydrogen-bond acceptors (Lipinski definition) is 12. The average molecular weight is 1380 g/mol. The Morgan fingerprint density at radius 2 is 0.594 bits per heavy atom. The van der Waals surface area contributed by atoms with Crippen molar-refractivity contribution in [2.45, 2.75) is 179 Å². The van der Waals surface area contributed by atoms with Gasteiger partial charge in [-0.15, -0.1) is 0 Å². The van der Waals surface area contributed by atoms with E-state index >= 15 is 0 Å². The van der Waals surface area contributed by atoms with E-state index in [0.29, 0.717) is 77.5 Å². The highest BCUT2D eigenvalue weighted by Gasteiger charge is 2.21. The summed E-state index contributed by atoms with van der Waals surface area (Å²) in [5.74, 6) is 0.994. The van der Waals surface area contributed by atoms with Crippen LogP contribution < -0.4 is 67.1 Å². The van der Waals surface area contributed by atoms with Crippen LogP contribution in [0.3, 0.4) is 0 Å². The van der Waals surface area contributed by atoms with E-state index in [1.165, 1.54) is 44.5 Å². The first-order chi connectivity index (χ1) is 49.1. The van der Waals surface area contributed by atoms with Crippen molar-refractivity contribution in [2.75, 3.05) is 52.4 Å². The van der Waals surface area contributed by atoms with Gasteiger partial charge in [-0.25, -0.2) is 0 Å². The Balaban J connectivity index is 0.000000288. The molecule has 5 atom stereocenters. The molecule has 16 nitrogen and oxygen atoms in total. The number of carbonyl (C=O) groups excluding carboxylic acids is 4. The minimum Gasteiger partial charge on any atom is -0.355 e. The van der Waals surface area contributed by atoms with E-state index in [4.69, 9.17) is 45.9 Å². The number of amides is 4. The van der Waals surface area contributed by atoms with Crippen LogP contribution in [0.5, 0.6) is 0 Å². The van der Waals surface area contributed by atoms with E-state index in [0.717, 1.165) is 128 Å². The Morgan fingerprint density at radius 3 is 0.941 bits per heavy atom. The molecule has 0 aliphatic heterocycles. The first kappa shape index (κ1) is 85.5. The summed E-state index contributed by atoms with van der Waals surface area (Å²) >= 11 is 0. The highest BCUT2D eigenvalue weighted by Crippen LogP contribution is 2.22. The van der Waals surface area contributed by atoms with Crippen molar-refractivity contribution in [3.8, 4) is 0 Å². The Labute approximate surface area is 606 Å². The second-order valence-electron chi connectivity index (χ2n) is 27.1. The Hall–Kier alpha value is -7.90. The number of hydrogen-bond donors (Lipinski definition) is 12. The molecule has 550 valence electrons. The smallest absolute Gasteiger partial charge is 0.223 e. The Morgan fingerprint density at radius 1 is 0.307 bits per heavy atom. The van der Waals surface area contributed by atoms with Crippen molar-refractivity contribution in [2.24, 2.45) is 63.6 Å². The largest absolute Gasteiger partial charge is 0.355 e. The second-order valence-corrected chi connectivity index (χ2v) is 27.1. The molecule has 0 aliphatic carbocycles. The first-order valence-electron chi connectivity index (χ1n) is 37.3. The molecule has 0 heterocycles. The molecule has 1 unspecified atom stereocenters. The van der Waals surface area contributed by atoms with E-state index in [-0.39, 0.29) is 59.6 Å². The maximum atomic E-state index is 12.8. The zero-order chi connectivity index (χ0) is 72.8. The van der Waals surface area contributed by atoms with E-state index in [1.807, 2.05) is 84.9 Å². The van der Waals surface area contributed by atoms with Gasteiger partial charge >= 0.3 is 0 Å². The monoisotopic (exact) mass is 1380 g/mol. The number of carbonyl (C=O) groups is 4. The molecule has 0 radical (unpaired) electrons. The van der Waals surface area contributed by atoms with E-state index in [9.17, 15) is 19.2 Å². The van der Waals surface area contributed by atoms with Crippen molar-refractivity contribution in [3.05, 3.63) is 251 Å². The van der Waals surface area contributed by atoms with E-state index in [2.05, 4.69) is 150 Å². The van der Waals surface area contributed by atoms with Crippen LogP contribution in [-0.4, -0.2) is 100 Å². The molecule has 7 rings (SSSR count). The third-order valence-electron chi connectivity index (χ3n) is 18.0. The van der Waals surface area contributed by atoms with Crippen LogP contribution in [0.25, 0.3) is 0 Å². The average Bonchev–Trinajstić information content (AvgIpc) is 0.987. The van der Waals surface area contributed by atoms with Gasteiger partial charge < -0.3 is 67.1 Å². The van der Waals surface area contributed by atoms with Gasteiger partial charge in [0.15, 0.2) is 0 Å². The lowest BCUT2D eigenvalue weighted by Gasteiger charge is -2.19. The van der Waals surface area contributed by atoms with Crippen LogP contribution in [0.4, 0.5) is 0 Å². The first-order valence-corrected chi connectivity index (χ1v) is 37.3. The van der Waals surface area contributed by atoms with Gasteiger partial charge in [0.05, 0.1) is 0 Å². The maximum Gasteiger partial charge on any atom is 0.223 e. The van der Waals surface area contributed by atoms with Crippen molar-refractivity contribution < 1.29 is 19.2 Å². The molecule has 0 aliphatic rings. The van der Waals surface area contributed by atoms with Gasteiger partial charge in [0, 0.05) is 75.5 Å². The summed E-state index contributed by atoms with van der Waals surface area (Å²) in [7, 11) is 0. The molecule has 101 heavy (non-hydrogen) atoms. The maximum absolute atomic E-state index is 12.8. The lowest BCUT2D eigenvalue weighted by molar-refractivity contribution is -0.125. The standard InChI is InChI=1S/2C24H35N3O.C22H31N3O.C15H25N3O/c1-19-9-11-21(12-10-19)14-16-22(15-13-20-6-3-2-4-7-20)24(28)27-18-23(26)8-5-17-25;25-17-7-12-23(26)19-27-24(28)18-22(15-13-20-8-3-1-4-9-20)16-14-21-10-5-2-6-11-21;23-13-7-12-21(24)17-25-22(26)16-20(14-18-8-3-1-4-9-18)15-19-10-5-2-6-11-19;16-11-5-9-14(17)12-18-15(19)10-4-8-13-6-2-1-3-7-13/h2-4,6-7,9-12,22-23H,5,8,13-18,25-26H2,1H3,(H,27,28);1-6,8-11,22-23H,7,12-19,25-26H2,(H,27,28);1-6,8-11,20-21H,7,12-17,23-24H2,(H,25,26);1-3,6-7,14H,4-5,8-12,16-17H2,(H,18,19)/t22?,23-;23-;21-;14-/m0000/s1. The SMILES string of the molecule is Cc1ccc(CCC(CCc2ccccc2)C(=O)NC[C@@H](N)CCCN)cc1.NCCC[C@H](N)CNC(=O)CC(CCc1ccccc1)CCc1ccccc1.NCCC[C@H](N)CNC(=O)CC(Cc1ccccc1)Cc1ccccc1.NCCC[C@H](N)CNC(=O)CCCc1ccccc1. The lowest BCUT2D eigenvalue weighted by Crippen LogP contribution is -2.40. The number of aryl methyl sites for hydroxylation is 6. The Bertz CT molecular complexity index is 3090. The summed E-state index contributed by atoms with van der Waals surface area (Å²) in [6, 6.07) is 70.8. The van der Waals surface area contributed by atoms with Crippen LogP contribution in [0.1, 0.15) is 147 Å². The number of nitrogens with one attached hydrogen (secondary N) is 4. The van der Waals surface area contributed by atoms with Gasteiger partial charge in [-0.1, -0.05) is 212 Å². The molecule has 0 saturated carbocycles. The van der Waals surface area contributed by atoms with Gasteiger partial charge in [-0.3, -0.25) is 19.2 Å². The van der Waals surface area contributed by atoms with E-state index < -0.39 is 0 Å². The fourth-order valence-corrected chi connectivity index (χ4v) is 11.9. The number of benzene rings is 7. The minimum absolute atomic E-state index is 0.0109. The molecular weight excluding hydrogens is 1250 g/mol. The van der Waals surface area contributed by atoms with Gasteiger partial charge in [-0.2, -0.15) is 0 Å². The zero-order valence-electron chi connectivity index (χ0n) is 60.8. The highest BCUT2D eigenvalue weighted by molar-refractivity contribution is 5.79. The van der Waals surface area contributed by atoms with Crippen LogP contribution in [0, 0.1) is 24.7 Å². The van der Waals surface area contributed by atoms with Crippen molar-refractivity contribution in [1.29, 1.82) is 0 Å². The van der Waals surface area contributed by atoms with Gasteiger partial charge in [0.25, 0.3) is 0 Å². The topological polar surface area (TPSA) is 325 Å². The highest BCUT2D eigenvalue weighted by atomic mass is 16.2. The third-order valence-corrected chi connectivity index (χ3v) is 18.0. The molecule has 20 N–H and O–H groups in total. The molecule has 0 fully saturated rings. The molecule has 16 heteroatoms. The molecule has 0 bridgehead atoms. The predicted octanol–water partition coefficient (Wildman–Crippen LogP) is 10.7.